The number of nitrogens with one attached hydrogen (secondary N) is 1. The van der Waals surface area contributed by atoms with E-state index in [0.717, 1.165) is 0 Å². The first-order valence-electron chi connectivity index (χ1n) is 6.27. The summed E-state index contributed by atoms with van der Waals surface area (Å²) in [5, 5.41) is 11.7. The molecule has 1 aromatic rings. The molecule has 0 aliphatic carbocycles. The molecule has 1 aromatic carbocycles. The molecule has 1 heterocycles. The zero-order chi connectivity index (χ0) is 15.6. The van der Waals surface area contributed by atoms with Crippen molar-refractivity contribution in [3.8, 4) is 0 Å². The first-order valence-corrected chi connectivity index (χ1v) is 6.65. The maximum atomic E-state index is 12.1. The third kappa shape index (κ3) is 3.25. The van der Waals surface area contributed by atoms with E-state index < -0.39 is 17.9 Å². The summed E-state index contributed by atoms with van der Waals surface area (Å²) in [5.74, 6) is -2.04. The van der Waals surface area contributed by atoms with Gasteiger partial charge in [0.2, 0.25) is 5.91 Å². The van der Waals surface area contributed by atoms with E-state index in [1.54, 1.807) is 6.07 Å². The lowest BCUT2D eigenvalue weighted by Gasteiger charge is -2.18. The number of urea groups is 1. The summed E-state index contributed by atoms with van der Waals surface area (Å²) >= 11 is 5.83. The lowest BCUT2D eigenvalue weighted by atomic mass is 10.1. The fourth-order valence-electron chi connectivity index (χ4n) is 2.22. The fraction of sp³-hybridized carbons (Fsp3) is 0.308. The van der Waals surface area contributed by atoms with E-state index >= 15 is 0 Å². The van der Waals surface area contributed by atoms with Crippen molar-refractivity contribution in [3.63, 3.8) is 0 Å². The molecule has 0 radical (unpaired) electrons. The molecule has 112 valence electrons. The zero-order valence-electron chi connectivity index (χ0n) is 11.0. The second kappa shape index (κ2) is 6.01. The molecule has 0 spiro atoms. The molecule has 0 bridgehead atoms. The van der Waals surface area contributed by atoms with Crippen LogP contribution in [0, 0.1) is 5.92 Å². The molecule has 3 amide bonds. The molecule has 1 saturated heterocycles. The number of carboxylic acids is 1. The predicted octanol–water partition coefficient (Wildman–Crippen LogP) is 1.38. The molecule has 1 unspecified atom stereocenters. The average molecular weight is 312 g/mol. The second-order valence-corrected chi connectivity index (χ2v) is 5.14. The minimum absolute atomic E-state index is 0.0386. The van der Waals surface area contributed by atoms with E-state index in [4.69, 9.17) is 22.4 Å². The highest BCUT2D eigenvalue weighted by Gasteiger charge is 2.30. The van der Waals surface area contributed by atoms with Crippen LogP contribution in [0.1, 0.15) is 16.8 Å². The normalized spacial score (nSPS) is 17.6. The van der Waals surface area contributed by atoms with Crippen LogP contribution in [0.25, 0.3) is 0 Å². The Labute approximate surface area is 125 Å². The SMILES string of the molecule is NC(=O)C1CCN(C(=O)Nc2cccc(Cl)c2C(=O)O)C1. The van der Waals surface area contributed by atoms with E-state index in [-0.39, 0.29) is 28.7 Å². The third-order valence-electron chi connectivity index (χ3n) is 3.35. The van der Waals surface area contributed by atoms with Gasteiger partial charge in [-0.05, 0) is 18.6 Å². The molecule has 1 atom stereocenters. The molecule has 2 rings (SSSR count). The number of aromatic carboxylic acids is 1. The van der Waals surface area contributed by atoms with Crippen molar-refractivity contribution < 1.29 is 19.5 Å². The quantitative estimate of drug-likeness (QED) is 0.782. The third-order valence-corrected chi connectivity index (χ3v) is 3.66. The van der Waals surface area contributed by atoms with Gasteiger partial charge in [0.25, 0.3) is 0 Å². The second-order valence-electron chi connectivity index (χ2n) is 4.73. The van der Waals surface area contributed by atoms with Gasteiger partial charge in [0.1, 0.15) is 5.56 Å². The molecule has 7 nitrogen and oxygen atoms in total. The van der Waals surface area contributed by atoms with Gasteiger partial charge in [0.15, 0.2) is 0 Å². The Bertz CT molecular complexity index is 605. The van der Waals surface area contributed by atoms with Crippen LogP contribution >= 0.6 is 11.6 Å². The standard InChI is InChI=1S/C13H14ClN3O4/c14-8-2-1-3-9(10(8)12(19)20)16-13(21)17-5-4-7(6-17)11(15)18/h1-3,7H,4-6H2,(H2,15,18)(H,16,21)(H,19,20). The first kappa shape index (κ1) is 15.1. The molecule has 0 saturated carbocycles. The van der Waals surface area contributed by atoms with E-state index in [9.17, 15) is 14.4 Å². The maximum absolute atomic E-state index is 12.1. The summed E-state index contributed by atoms with van der Waals surface area (Å²) in [7, 11) is 0. The van der Waals surface area contributed by atoms with Crippen molar-refractivity contribution in [2.24, 2.45) is 11.7 Å². The minimum Gasteiger partial charge on any atom is -0.478 e. The van der Waals surface area contributed by atoms with Crippen LogP contribution in [0.4, 0.5) is 10.5 Å². The fourth-order valence-corrected chi connectivity index (χ4v) is 2.47. The van der Waals surface area contributed by atoms with E-state index in [1.807, 2.05) is 0 Å². The number of anilines is 1. The van der Waals surface area contributed by atoms with Crippen LogP contribution in [0.5, 0.6) is 0 Å². The molecular weight excluding hydrogens is 298 g/mol. The molecule has 1 aliphatic heterocycles. The van der Waals surface area contributed by atoms with Gasteiger partial charge in [0.05, 0.1) is 16.6 Å². The van der Waals surface area contributed by atoms with Crippen molar-refractivity contribution >= 4 is 35.2 Å². The number of nitrogens with two attached hydrogens (primary N) is 1. The zero-order valence-corrected chi connectivity index (χ0v) is 11.8. The number of carbonyl (C=O) groups excluding carboxylic acids is 2. The van der Waals surface area contributed by atoms with Crippen LogP contribution in [-0.4, -0.2) is 41.0 Å². The number of carbonyl (C=O) groups is 3. The largest absolute Gasteiger partial charge is 0.478 e. The highest BCUT2D eigenvalue weighted by molar-refractivity contribution is 6.34. The molecule has 21 heavy (non-hydrogen) atoms. The highest BCUT2D eigenvalue weighted by atomic mass is 35.5. The summed E-state index contributed by atoms with van der Waals surface area (Å²) in [6.45, 7) is 0.618. The van der Waals surface area contributed by atoms with Crippen LogP contribution < -0.4 is 11.1 Å². The molecule has 8 heteroatoms. The number of benzene rings is 1. The predicted molar refractivity (Wildman–Crippen MR) is 76.3 cm³/mol. The molecule has 4 N–H and O–H groups in total. The number of hydrogen-bond acceptors (Lipinski definition) is 3. The van der Waals surface area contributed by atoms with Crippen molar-refractivity contribution in [3.05, 3.63) is 28.8 Å². The van der Waals surface area contributed by atoms with Crippen LogP contribution in [0.15, 0.2) is 18.2 Å². The van der Waals surface area contributed by atoms with E-state index in [0.29, 0.717) is 13.0 Å². The highest BCUT2D eigenvalue weighted by Crippen LogP contribution is 2.25. The van der Waals surface area contributed by atoms with Gasteiger partial charge in [-0.15, -0.1) is 0 Å². The summed E-state index contributed by atoms with van der Waals surface area (Å²) in [6, 6.07) is 3.94. The van der Waals surface area contributed by atoms with Crippen LogP contribution in [-0.2, 0) is 4.79 Å². The summed E-state index contributed by atoms with van der Waals surface area (Å²) in [5.41, 5.74) is 5.15. The van der Waals surface area contributed by atoms with Crippen molar-refractivity contribution in [2.45, 2.75) is 6.42 Å². The monoisotopic (exact) mass is 311 g/mol. The molecular formula is C13H14ClN3O4. The Morgan fingerprint density at radius 3 is 2.67 bits per heavy atom. The number of hydrogen-bond donors (Lipinski definition) is 3. The van der Waals surface area contributed by atoms with Crippen LogP contribution in [0.3, 0.4) is 0 Å². The van der Waals surface area contributed by atoms with Gasteiger partial charge in [-0.25, -0.2) is 9.59 Å². The Morgan fingerprint density at radius 2 is 2.10 bits per heavy atom. The van der Waals surface area contributed by atoms with E-state index in [2.05, 4.69) is 5.32 Å². The Morgan fingerprint density at radius 1 is 1.38 bits per heavy atom. The average Bonchev–Trinajstić information content (AvgIpc) is 2.88. The number of primary amides is 1. The molecule has 1 fully saturated rings. The number of carboxylic acid groups (broad SMARTS) is 1. The minimum atomic E-state index is -1.23. The summed E-state index contributed by atoms with van der Waals surface area (Å²) < 4.78 is 0. The lowest BCUT2D eigenvalue weighted by Crippen LogP contribution is -2.35. The van der Waals surface area contributed by atoms with Gasteiger partial charge in [-0.1, -0.05) is 17.7 Å². The number of halogens is 1. The smallest absolute Gasteiger partial charge is 0.339 e. The number of likely N-dealkylation sites (tertiary alicyclic amines) is 1. The number of nitrogens with zero attached hydrogens (tertiary/aromatic N) is 1. The molecule has 0 aromatic heterocycles. The van der Waals surface area contributed by atoms with Crippen molar-refractivity contribution in [1.29, 1.82) is 0 Å². The number of amides is 3. The van der Waals surface area contributed by atoms with Gasteiger partial charge < -0.3 is 21.1 Å². The Hall–Kier alpha value is -2.28. The van der Waals surface area contributed by atoms with Crippen LogP contribution in [0.2, 0.25) is 5.02 Å². The summed E-state index contributed by atoms with van der Waals surface area (Å²) in [4.78, 5) is 35.8. The van der Waals surface area contributed by atoms with E-state index in [1.165, 1.54) is 17.0 Å². The maximum Gasteiger partial charge on any atom is 0.339 e. The van der Waals surface area contributed by atoms with Gasteiger partial charge in [-0.3, -0.25) is 4.79 Å². The Kier molecular flexibility index (Phi) is 4.32. The lowest BCUT2D eigenvalue weighted by molar-refractivity contribution is -0.121. The van der Waals surface area contributed by atoms with Crippen molar-refractivity contribution in [1.82, 2.24) is 4.90 Å². The topological polar surface area (TPSA) is 113 Å². The van der Waals surface area contributed by atoms with Gasteiger partial charge in [0, 0.05) is 13.1 Å². The van der Waals surface area contributed by atoms with Gasteiger partial charge >= 0.3 is 12.0 Å². The summed E-state index contributed by atoms with van der Waals surface area (Å²) in [6.07, 6.45) is 0.504. The Balaban J connectivity index is 2.12. The first-order chi connectivity index (χ1) is 9.90. The van der Waals surface area contributed by atoms with Crippen molar-refractivity contribution in [2.75, 3.05) is 18.4 Å². The molecule has 1 aliphatic rings. The number of rotatable bonds is 3. The van der Waals surface area contributed by atoms with Gasteiger partial charge in [-0.2, -0.15) is 0 Å².